The summed E-state index contributed by atoms with van der Waals surface area (Å²) in [6, 6.07) is 43.6. The number of allylic oxidation sites excluding steroid dienone is 2. The fraction of sp³-hybridized carbons (Fsp3) is 0.152. The first kappa shape index (κ1) is 23.0. The van der Waals surface area contributed by atoms with Crippen molar-refractivity contribution in [1.82, 2.24) is 10.6 Å². The Morgan fingerprint density at radius 3 is 1.00 bits per heavy atom. The summed E-state index contributed by atoms with van der Waals surface area (Å²) in [5.74, 6) is 0. The van der Waals surface area contributed by atoms with Crippen LogP contribution < -0.4 is 10.6 Å². The van der Waals surface area contributed by atoms with Crippen LogP contribution in [-0.4, -0.2) is 27.2 Å². The van der Waals surface area contributed by atoms with Crippen molar-refractivity contribution in [3.63, 3.8) is 0 Å². The normalized spacial score (nSPS) is 15.0. The van der Waals surface area contributed by atoms with Gasteiger partial charge in [0, 0.05) is 18.5 Å². The zero-order chi connectivity index (χ0) is 24.1. The topological polar surface area (TPSA) is 24.1 Å². The third-order valence-electron chi connectivity index (χ3n) is 6.91. The highest BCUT2D eigenvalue weighted by Crippen LogP contribution is 2.60. The van der Waals surface area contributed by atoms with Crippen LogP contribution in [0.4, 0.5) is 0 Å². The highest BCUT2D eigenvalue weighted by Gasteiger charge is 2.47. The molecule has 2 N–H and O–H groups in total. The molecule has 0 aromatic heterocycles. The minimum atomic E-state index is -0.275. The molecule has 35 heavy (non-hydrogen) atoms. The molecule has 174 valence electrons. The third-order valence-corrected chi connectivity index (χ3v) is 6.91. The summed E-state index contributed by atoms with van der Waals surface area (Å²) in [6.45, 7) is 1.63. The van der Waals surface area contributed by atoms with E-state index in [1.54, 1.807) is 0 Å². The second-order valence-corrected chi connectivity index (χ2v) is 9.11. The van der Waals surface area contributed by atoms with Gasteiger partial charge in [-0.2, -0.15) is 0 Å². The van der Waals surface area contributed by atoms with Gasteiger partial charge in [-0.05, 0) is 58.6 Å². The van der Waals surface area contributed by atoms with Crippen molar-refractivity contribution in [2.45, 2.75) is 0 Å². The lowest BCUT2D eigenvalue weighted by Gasteiger charge is -2.37. The van der Waals surface area contributed by atoms with Crippen LogP contribution >= 0.6 is 0 Å². The molecule has 0 fully saturated rings. The van der Waals surface area contributed by atoms with Gasteiger partial charge in [-0.25, -0.2) is 0 Å². The zero-order valence-electron chi connectivity index (χ0n) is 20.5. The molecule has 0 saturated carbocycles. The minimum Gasteiger partial charge on any atom is -0.318 e. The number of nitrogens with one attached hydrogen (secondary N) is 2. The average Bonchev–Trinajstić information content (AvgIpc) is 3.21. The van der Waals surface area contributed by atoms with E-state index in [0.717, 1.165) is 13.1 Å². The lowest BCUT2D eigenvalue weighted by molar-refractivity contribution is 0.479. The molecule has 0 atom stereocenters. The molecule has 2 nitrogen and oxygen atoms in total. The molecule has 0 bridgehead atoms. The molecule has 1 aliphatic carbocycles. The largest absolute Gasteiger partial charge is 0.318 e. The van der Waals surface area contributed by atoms with Crippen molar-refractivity contribution in [2.75, 3.05) is 27.2 Å². The fourth-order valence-corrected chi connectivity index (χ4v) is 5.71. The van der Waals surface area contributed by atoms with Gasteiger partial charge >= 0.3 is 0 Å². The average molecular weight is 457 g/mol. The predicted molar refractivity (Wildman–Crippen MR) is 150 cm³/mol. The SMILES string of the molecule is CNCC1(CNC)C(c2ccccc2)=C(c2ccccc2)C(c2ccccc2)=C1c1ccccc1. The van der Waals surface area contributed by atoms with Crippen LogP contribution in [0.2, 0.25) is 0 Å². The summed E-state index contributed by atoms with van der Waals surface area (Å²) in [5.41, 5.74) is 10.1. The van der Waals surface area contributed by atoms with Crippen LogP contribution in [0.1, 0.15) is 22.3 Å². The van der Waals surface area contributed by atoms with Crippen LogP contribution in [0.3, 0.4) is 0 Å². The van der Waals surface area contributed by atoms with E-state index in [4.69, 9.17) is 0 Å². The van der Waals surface area contributed by atoms with Gasteiger partial charge in [0.05, 0.1) is 0 Å². The van der Waals surface area contributed by atoms with Crippen LogP contribution in [-0.2, 0) is 0 Å². The van der Waals surface area contributed by atoms with Crippen LogP contribution in [0, 0.1) is 5.41 Å². The molecule has 2 heteroatoms. The highest BCUT2D eigenvalue weighted by atomic mass is 14.9. The molecule has 0 radical (unpaired) electrons. The molecular formula is C33H32N2. The van der Waals surface area contributed by atoms with E-state index in [-0.39, 0.29) is 5.41 Å². The lowest BCUT2D eigenvalue weighted by atomic mass is 9.70. The highest BCUT2D eigenvalue weighted by molar-refractivity contribution is 6.29. The molecule has 0 amide bonds. The Kier molecular flexibility index (Phi) is 6.76. The zero-order valence-corrected chi connectivity index (χ0v) is 20.5. The Morgan fingerprint density at radius 2 is 0.714 bits per heavy atom. The van der Waals surface area contributed by atoms with E-state index < -0.39 is 0 Å². The molecule has 0 aliphatic heterocycles. The van der Waals surface area contributed by atoms with Gasteiger partial charge in [-0.3, -0.25) is 0 Å². The molecule has 0 spiro atoms. The number of rotatable bonds is 8. The van der Waals surface area contributed by atoms with Crippen molar-refractivity contribution in [3.05, 3.63) is 144 Å². The smallest absolute Gasteiger partial charge is 0.0475 e. The molecule has 0 saturated heterocycles. The number of hydrogen-bond donors (Lipinski definition) is 2. The second kappa shape index (κ2) is 10.3. The Hall–Kier alpha value is -3.72. The van der Waals surface area contributed by atoms with E-state index in [1.165, 1.54) is 44.5 Å². The maximum Gasteiger partial charge on any atom is 0.0475 e. The number of hydrogen-bond acceptors (Lipinski definition) is 2. The summed E-state index contributed by atoms with van der Waals surface area (Å²) in [7, 11) is 4.12. The minimum absolute atomic E-state index is 0.275. The first-order valence-electron chi connectivity index (χ1n) is 12.3. The lowest BCUT2D eigenvalue weighted by Crippen LogP contribution is -2.41. The summed E-state index contributed by atoms with van der Waals surface area (Å²) in [4.78, 5) is 0. The van der Waals surface area contributed by atoms with Crippen molar-refractivity contribution in [3.8, 4) is 0 Å². The first-order valence-corrected chi connectivity index (χ1v) is 12.3. The van der Waals surface area contributed by atoms with Gasteiger partial charge < -0.3 is 10.6 Å². The molecule has 5 rings (SSSR count). The molecule has 1 aliphatic rings. The molecular weight excluding hydrogens is 424 g/mol. The first-order chi connectivity index (χ1) is 17.3. The summed E-state index contributed by atoms with van der Waals surface area (Å²) in [6.07, 6.45) is 0. The standard InChI is InChI=1S/C33H32N2/c1-34-23-33(24-35-2)31(27-19-11-5-12-20-27)29(25-15-7-3-8-16-25)30(26-17-9-4-10-18-26)32(33)28-21-13-6-14-22-28/h3-22,34-35H,23-24H2,1-2H3. The van der Waals surface area contributed by atoms with Crippen molar-refractivity contribution in [2.24, 2.45) is 5.41 Å². The Bertz CT molecular complexity index is 1210. The van der Waals surface area contributed by atoms with Crippen molar-refractivity contribution in [1.29, 1.82) is 0 Å². The number of benzene rings is 4. The van der Waals surface area contributed by atoms with E-state index in [9.17, 15) is 0 Å². The van der Waals surface area contributed by atoms with E-state index in [0.29, 0.717) is 0 Å². The van der Waals surface area contributed by atoms with Gasteiger partial charge in [0.25, 0.3) is 0 Å². The Balaban J connectivity index is 1.98. The van der Waals surface area contributed by atoms with Crippen molar-refractivity contribution < 1.29 is 0 Å². The quantitative estimate of drug-likeness (QED) is 0.310. The van der Waals surface area contributed by atoms with E-state index in [1.807, 2.05) is 0 Å². The maximum atomic E-state index is 3.57. The van der Waals surface area contributed by atoms with Crippen molar-refractivity contribution >= 4 is 22.3 Å². The van der Waals surface area contributed by atoms with Gasteiger partial charge in [0.2, 0.25) is 0 Å². The van der Waals surface area contributed by atoms with Crippen LogP contribution in [0.5, 0.6) is 0 Å². The maximum absolute atomic E-state index is 3.57. The molecule has 0 unspecified atom stereocenters. The predicted octanol–water partition coefficient (Wildman–Crippen LogP) is 6.65. The van der Waals surface area contributed by atoms with E-state index in [2.05, 4.69) is 146 Å². The van der Waals surface area contributed by atoms with Gasteiger partial charge in [0.15, 0.2) is 0 Å². The Labute approximate surface area is 209 Å². The fourth-order valence-electron chi connectivity index (χ4n) is 5.71. The monoisotopic (exact) mass is 456 g/mol. The summed E-state index contributed by atoms with van der Waals surface area (Å²) in [5, 5.41) is 7.14. The third kappa shape index (κ3) is 4.16. The summed E-state index contributed by atoms with van der Waals surface area (Å²) >= 11 is 0. The second-order valence-electron chi connectivity index (χ2n) is 9.11. The van der Waals surface area contributed by atoms with Gasteiger partial charge in [-0.1, -0.05) is 121 Å². The van der Waals surface area contributed by atoms with Crippen LogP contribution in [0.25, 0.3) is 22.3 Å². The molecule has 0 heterocycles. The molecule has 4 aromatic carbocycles. The van der Waals surface area contributed by atoms with E-state index >= 15 is 0 Å². The summed E-state index contributed by atoms with van der Waals surface area (Å²) < 4.78 is 0. The van der Waals surface area contributed by atoms with Gasteiger partial charge in [0.1, 0.15) is 0 Å². The van der Waals surface area contributed by atoms with Gasteiger partial charge in [-0.15, -0.1) is 0 Å². The van der Waals surface area contributed by atoms with Crippen LogP contribution in [0.15, 0.2) is 121 Å². The molecule has 4 aromatic rings. The Morgan fingerprint density at radius 1 is 0.429 bits per heavy atom.